The van der Waals surface area contributed by atoms with E-state index in [1.54, 1.807) is 0 Å². The molecule has 0 spiro atoms. The molecule has 1 aliphatic rings. The van der Waals surface area contributed by atoms with Gasteiger partial charge in [0.2, 0.25) is 5.91 Å². The number of nitrogens with zero attached hydrogens (tertiary/aromatic N) is 1. The first-order valence-corrected chi connectivity index (χ1v) is 4.54. The third-order valence-electron chi connectivity index (χ3n) is 1.95. The van der Waals surface area contributed by atoms with E-state index in [4.69, 9.17) is 10.2 Å². The molecule has 1 rings (SSSR count). The van der Waals surface area contributed by atoms with Gasteiger partial charge in [0.25, 0.3) is 5.91 Å². The molecular weight excluding hydrogens is 218 g/mol. The zero-order valence-electron chi connectivity index (χ0n) is 8.27. The molecule has 8 heteroatoms. The molecule has 4 N–H and O–H groups in total. The Morgan fingerprint density at radius 1 is 1.50 bits per heavy atom. The Morgan fingerprint density at radius 3 is 2.62 bits per heavy atom. The second kappa shape index (κ2) is 5.21. The van der Waals surface area contributed by atoms with Crippen LogP contribution in [0.15, 0.2) is 5.10 Å². The predicted molar refractivity (Wildman–Crippen MR) is 51.5 cm³/mol. The molecule has 0 unspecified atom stereocenters. The molecule has 1 aliphatic heterocycles. The van der Waals surface area contributed by atoms with E-state index in [9.17, 15) is 14.4 Å². The van der Waals surface area contributed by atoms with Crippen molar-refractivity contribution >= 4 is 23.5 Å². The number of carbonyl (C=O) groups excluding carboxylic acids is 2. The Kier molecular flexibility index (Phi) is 3.95. The van der Waals surface area contributed by atoms with Crippen LogP contribution in [0.25, 0.3) is 0 Å². The summed E-state index contributed by atoms with van der Waals surface area (Å²) in [6.45, 7) is -0.708. The molecule has 2 amide bonds. The zero-order chi connectivity index (χ0) is 12.1. The molecule has 0 aromatic heterocycles. The van der Waals surface area contributed by atoms with Crippen LogP contribution in [-0.2, 0) is 14.4 Å². The van der Waals surface area contributed by atoms with Crippen LogP contribution in [0.1, 0.15) is 12.8 Å². The van der Waals surface area contributed by atoms with Gasteiger partial charge in [0, 0.05) is 12.8 Å². The summed E-state index contributed by atoms with van der Waals surface area (Å²) in [4.78, 5) is 32.7. The molecule has 0 aromatic carbocycles. The molecule has 16 heavy (non-hydrogen) atoms. The van der Waals surface area contributed by atoms with Crippen LogP contribution in [0.3, 0.4) is 0 Å². The fourth-order valence-corrected chi connectivity index (χ4v) is 1.06. The van der Waals surface area contributed by atoms with E-state index in [2.05, 4.69) is 15.8 Å². The van der Waals surface area contributed by atoms with Crippen molar-refractivity contribution in [3.63, 3.8) is 0 Å². The minimum atomic E-state index is -1.37. The van der Waals surface area contributed by atoms with Crippen LogP contribution < -0.4 is 10.7 Å². The maximum atomic E-state index is 11.4. The number of rotatable bonds is 4. The van der Waals surface area contributed by atoms with E-state index in [1.165, 1.54) is 0 Å². The molecule has 0 bridgehead atoms. The molecule has 0 fully saturated rings. The van der Waals surface area contributed by atoms with Crippen LogP contribution in [0.4, 0.5) is 0 Å². The highest BCUT2D eigenvalue weighted by molar-refractivity contribution is 6.39. The molecule has 0 aromatic rings. The number of amides is 2. The molecule has 0 saturated heterocycles. The van der Waals surface area contributed by atoms with Gasteiger partial charge in [-0.05, 0) is 0 Å². The molecule has 8 nitrogen and oxygen atoms in total. The summed E-state index contributed by atoms with van der Waals surface area (Å²) in [5, 5.41) is 22.8. The SMILES string of the molecule is O=C1CCC(C(=O)N[C@H](CO)C(=O)O)=NN1. The second-order valence-corrected chi connectivity index (χ2v) is 3.14. The number of hydrogen-bond donors (Lipinski definition) is 4. The van der Waals surface area contributed by atoms with E-state index in [-0.39, 0.29) is 24.5 Å². The van der Waals surface area contributed by atoms with Gasteiger partial charge in [0.15, 0.2) is 6.04 Å². The van der Waals surface area contributed by atoms with Crippen molar-refractivity contribution in [3.8, 4) is 0 Å². The standard InChI is InChI=1S/C8H11N3O5/c12-3-5(8(15)16)9-7(14)4-1-2-6(13)11-10-4/h5,12H,1-3H2,(H,9,14)(H,11,13)(H,15,16)/t5-/m1/s1. The van der Waals surface area contributed by atoms with Crippen LogP contribution in [0.2, 0.25) is 0 Å². The lowest BCUT2D eigenvalue weighted by Gasteiger charge is -2.14. The summed E-state index contributed by atoms with van der Waals surface area (Å²) in [5.41, 5.74) is 2.15. The van der Waals surface area contributed by atoms with Gasteiger partial charge in [-0.2, -0.15) is 5.10 Å². The van der Waals surface area contributed by atoms with E-state index in [0.29, 0.717) is 0 Å². The lowest BCUT2D eigenvalue weighted by Crippen LogP contribution is -2.47. The van der Waals surface area contributed by atoms with Crippen molar-refractivity contribution < 1.29 is 24.6 Å². The van der Waals surface area contributed by atoms with E-state index in [0.717, 1.165) is 0 Å². The van der Waals surface area contributed by atoms with E-state index in [1.807, 2.05) is 0 Å². The van der Waals surface area contributed by atoms with Gasteiger partial charge < -0.3 is 15.5 Å². The van der Waals surface area contributed by atoms with E-state index < -0.39 is 24.5 Å². The third-order valence-corrected chi connectivity index (χ3v) is 1.95. The minimum Gasteiger partial charge on any atom is -0.480 e. The fourth-order valence-electron chi connectivity index (χ4n) is 1.06. The molecule has 0 saturated carbocycles. The summed E-state index contributed by atoms with van der Waals surface area (Å²) >= 11 is 0. The Labute approximate surface area is 90.3 Å². The quantitative estimate of drug-likeness (QED) is 0.435. The smallest absolute Gasteiger partial charge is 0.328 e. The second-order valence-electron chi connectivity index (χ2n) is 3.14. The summed E-state index contributed by atoms with van der Waals surface area (Å²) in [6, 6.07) is -1.37. The average Bonchev–Trinajstić information content (AvgIpc) is 2.26. The van der Waals surface area contributed by atoms with Gasteiger partial charge >= 0.3 is 5.97 Å². The van der Waals surface area contributed by atoms with Gasteiger partial charge in [-0.1, -0.05) is 0 Å². The number of aliphatic hydroxyl groups excluding tert-OH is 1. The number of carbonyl (C=O) groups is 3. The Balaban J connectivity index is 2.58. The number of aliphatic carboxylic acids is 1. The van der Waals surface area contributed by atoms with Crippen molar-refractivity contribution in [3.05, 3.63) is 0 Å². The number of carboxylic acids is 1. The molecule has 1 atom stereocenters. The van der Waals surface area contributed by atoms with Crippen LogP contribution >= 0.6 is 0 Å². The number of nitrogens with one attached hydrogen (secondary N) is 2. The molecule has 1 heterocycles. The lowest BCUT2D eigenvalue weighted by molar-refractivity contribution is -0.142. The number of carboxylic acid groups (broad SMARTS) is 1. The Hall–Kier alpha value is -1.96. The average molecular weight is 229 g/mol. The van der Waals surface area contributed by atoms with Crippen LogP contribution in [-0.4, -0.2) is 46.4 Å². The fraction of sp³-hybridized carbons (Fsp3) is 0.500. The molecule has 0 aliphatic carbocycles. The topological polar surface area (TPSA) is 128 Å². The minimum absolute atomic E-state index is 0.0410. The van der Waals surface area contributed by atoms with Gasteiger partial charge in [0.05, 0.1) is 6.61 Å². The number of hydrazone groups is 1. The summed E-state index contributed by atoms with van der Waals surface area (Å²) in [5.74, 6) is -2.34. The lowest BCUT2D eigenvalue weighted by atomic mass is 10.1. The molecule has 0 radical (unpaired) electrons. The van der Waals surface area contributed by atoms with Gasteiger partial charge in [0.1, 0.15) is 5.71 Å². The van der Waals surface area contributed by atoms with Crippen molar-refractivity contribution in [1.82, 2.24) is 10.7 Å². The first-order valence-electron chi connectivity index (χ1n) is 4.54. The zero-order valence-corrected chi connectivity index (χ0v) is 8.27. The maximum absolute atomic E-state index is 11.4. The predicted octanol–water partition coefficient (Wildman–Crippen LogP) is -2.19. The largest absolute Gasteiger partial charge is 0.480 e. The van der Waals surface area contributed by atoms with Gasteiger partial charge in [-0.3, -0.25) is 9.59 Å². The number of aliphatic hydroxyl groups is 1. The highest BCUT2D eigenvalue weighted by atomic mass is 16.4. The highest BCUT2D eigenvalue weighted by Crippen LogP contribution is 2.00. The van der Waals surface area contributed by atoms with Gasteiger partial charge in [-0.15, -0.1) is 0 Å². The van der Waals surface area contributed by atoms with Crippen LogP contribution in [0.5, 0.6) is 0 Å². The number of hydrogen-bond acceptors (Lipinski definition) is 5. The van der Waals surface area contributed by atoms with E-state index >= 15 is 0 Å². The maximum Gasteiger partial charge on any atom is 0.328 e. The monoisotopic (exact) mass is 229 g/mol. The Bertz CT molecular complexity index is 352. The summed E-state index contributed by atoms with van der Waals surface area (Å²) < 4.78 is 0. The highest BCUT2D eigenvalue weighted by Gasteiger charge is 2.23. The normalized spacial score (nSPS) is 17.1. The first kappa shape index (κ1) is 12.1. The summed E-state index contributed by atoms with van der Waals surface area (Å²) in [7, 11) is 0. The molecule has 88 valence electrons. The molecular formula is C8H11N3O5. The van der Waals surface area contributed by atoms with Crippen molar-refractivity contribution in [2.75, 3.05) is 6.61 Å². The Morgan fingerprint density at radius 2 is 2.19 bits per heavy atom. The van der Waals surface area contributed by atoms with Crippen molar-refractivity contribution in [1.29, 1.82) is 0 Å². The van der Waals surface area contributed by atoms with Crippen molar-refractivity contribution in [2.45, 2.75) is 18.9 Å². The third kappa shape index (κ3) is 3.02. The van der Waals surface area contributed by atoms with Gasteiger partial charge in [-0.25, -0.2) is 10.2 Å². The van der Waals surface area contributed by atoms with Crippen molar-refractivity contribution in [2.24, 2.45) is 5.10 Å². The summed E-state index contributed by atoms with van der Waals surface area (Å²) in [6.07, 6.45) is 0.276. The first-order chi connectivity index (χ1) is 7.54. The van der Waals surface area contributed by atoms with Crippen LogP contribution in [0, 0.1) is 0 Å².